The van der Waals surface area contributed by atoms with Crippen molar-refractivity contribution in [3.63, 3.8) is 0 Å². The number of hydrogen-bond acceptors (Lipinski definition) is 6. The highest BCUT2D eigenvalue weighted by molar-refractivity contribution is 6.02. The van der Waals surface area contributed by atoms with Crippen LogP contribution in [-0.4, -0.2) is 59.0 Å². The molecule has 37 heavy (non-hydrogen) atoms. The van der Waals surface area contributed by atoms with Gasteiger partial charge in [-0.25, -0.2) is 4.98 Å². The number of rotatable bonds is 6. The molecule has 0 unspecified atom stereocenters. The number of carbonyl (C=O) groups excluding carboxylic acids is 2. The van der Waals surface area contributed by atoms with E-state index in [4.69, 9.17) is 5.26 Å². The van der Waals surface area contributed by atoms with E-state index in [-0.39, 0.29) is 24.2 Å². The van der Waals surface area contributed by atoms with E-state index in [0.29, 0.717) is 48.8 Å². The van der Waals surface area contributed by atoms with E-state index in [1.807, 2.05) is 59.2 Å². The van der Waals surface area contributed by atoms with Crippen LogP contribution in [0.25, 0.3) is 0 Å². The Morgan fingerprint density at radius 1 is 1.05 bits per heavy atom. The standard InChI is InChI=1S/C30H30N4O3/c1-20-2-6-25(30(37)33-12-10-24(11-13-33)23-7-3-21(16-31)4-8-23)15-27(20)28(36)14-22-5-9-29(32-17-22)34-18-26(35)19-34/h2-9,15,17,24,26,35H,10-14,18-19H2,1H3. The predicted molar refractivity (Wildman–Crippen MR) is 141 cm³/mol. The monoisotopic (exact) mass is 494 g/mol. The summed E-state index contributed by atoms with van der Waals surface area (Å²) in [6, 6.07) is 19.0. The molecule has 2 aliphatic heterocycles. The van der Waals surface area contributed by atoms with Crippen LogP contribution >= 0.6 is 0 Å². The Morgan fingerprint density at radius 3 is 2.41 bits per heavy atom. The molecule has 1 aromatic heterocycles. The van der Waals surface area contributed by atoms with Gasteiger partial charge in [-0.1, -0.05) is 24.3 Å². The fourth-order valence-corrected chi connectivity index (χ4v) is 5.12. The van der Waals surface area contributed by atoms with Crippen molar-refractivity contribution >= 4 is 17.5 Å². The minimum atomic E-state index is -0.296. The van der Waals surface area contributed by atoms with Crippen LogP contribution in [0.4, 0.5) is 5.82 Å². The molecule has 0 atom stereocenters. The van der Waals surface area contributed by atoms with Crippen molar-refractivity contribution in [2.75, 3.05) is 31.1 Å². The summed E-state index contributed by atoms with van der Waals surface area (Å²) in [5.74, 6) is 1.09. The maximum atomic E-state index is 13.3. The van der Waals surface area contributed by atoms with Gasteiger partial charge in [0.05, 0.1) is 17.7 Å². The minimum Gasteiger partial charge on any atom is -0.389 e. The van der Waals surface area contributed by atoms with Crippen molar-refractivity contribution < 1.29 is 14.7 Å². The van der Waals surface area contributed by atoms with E-state index in [0.717, 1.165) is 29.8 Å². The van der Waals surface area contributed by atoms with Gasteiger partial charge in [0.2, 0.25) is 0 Å². The van der Waals surface area contributed by atoms with Gasteiger partial charge in [-0.05, 0) is 72.7 Å². The molecule has 3 aromatic rings. The Hall–Kier alpha value is -4.02. The van der Waals surface area contributed by atoms with Crippen LogP contribution in [-0.2, 0) is 6.42 Å². The fourth-order valence-electron chi connectivity index (χ4n) is 5.12. The number of Topliss-reactive ketones (excluding diaryl/α,β-unsaturated/α-hetero) is 1. The first-order valence-electron chi connectivity index (χ1n) is 12.7. The van der Waals surface area contributed by atoms with Crippen LogP contribution in [0.2, 0.25) is 0 Å². The third-order valence-electron chi connectivity index (χ3n) is 7.44. The average molecular weight is 495 g/mol. The number of carbonyl (C=O) groups is 2. The molecule has 2 saturated heterocycles. The lowest BCUT2D eigenvalue weighted by Gasteiger charge is -2.36. The third-order valence-corrected chi connectivity index (χ3v) is 7.44. The summed E-state index contributed by atoms with van der Waals surface area (Å²) in [6.07, 6.45) is 3.36. The van der Waals surface area contributed by atoms with E-state index in [9.17, 15) is 14.7 Å². The van der Waals surface area contributed by atoms with Crippen LogP contribution in [0.15, 0.2) is 60.8 Å². The molecule has 1 N–H and O–H groups in total. The summed E-state index contributed by atoms with van der Waals surface area (Å²) in [5.41, 5.74) is 4.63. The number of benzene rings is 2. The van der Waals surface area contributed by atoms with Crippen molar-refractivity contribution in [1.29, 1.82) is 5.26 Å². The maximum absolute atomic E-state index is 13.3. The molecule has 0 radical (unpaired) electrons. The minimum absolute atomic E-state index is 0.0411. The van der Waals surface area contributed by atoms with E-state index in [2.05, 4.69) is 11.1 Å². The Balaban J connectivity index is 1.21. The van der Waals surface area contributed by atoms with E-state index >= 15 is 0 Å². The SMILES string of the molecule is Cc1ccc(C(=O)N2CCC(c3ccc(C#N)cc3)CC2)cc1C(=O)Cc1ccc(N2CC(O)C2)nc1. The van der Waals surface area contributed by atoms with Gasteiger partial charge in [-0.15, -0.1) is 0 Å². The first kappa shape index (κ1) is 24.7. The molecule has 3 heterocycles. The summed E-state index contributed by atoms with van der Waals surface area (Å²) >= 11 is 0. The smallest absolute Gasteiger partial charge is 0.253 e. The fraction of sp³-hybridized carbons (Fsp3) is 0.333. The summed E-state index contributed by atoms with van der Waals surface area (Å²) < 4.78 is 0. The Kier molecular flexibility index (Phi) is 7.02. The lowest BCUT2D eigenvalue weighted by molar-refractivity contribution is 0.0713. The highest BCUT2D eigenvalue weighted by Crippen LogP contribution is 2.29. The molecule has 1 amide bonds. The van der Waals surface area contributed by atoms with Crippen LogP contribution in [0, 0.1) is 18.3 Å². The van der Waals surface area contributed by atoms with Gasteiger partial charge in [-0.2, -0.15) is 5.26 Å². The van der Waals surface area contributed by atoms with Crippen LogP contribution < -0.4 is 4.90 Å². The van der Waals surface area contributed by atoms with Gasteiger partial charge in [0.1, 0.15) is 5.82 Å². The second-order valence-electron chi connectivity index (χ2n) is 10.0. The lowest BCUT2D eigenvalue weighted by atomic mass is 9.88. The molecule has 0 spiro atoms. The van der Waals surface area contributed by atoms with Crippen molar-refractivity contribution in [3.8, 4) is 6.07 Å². The molecule has 2 aromatic carbocycles. The predicted octanol–water partition coefficient (Wildman–Crippen LogP) is 3.89. The highest BCUT2D eigenvalue weighted by atomic mass is 16.3. The van der Waals surface area contributed by atoms with Gasteiger partial charge in [-0.3, -0.25) is 9.59 Å². The van der Waals surface area contributed by atoms with Crippen molar-refractivity contribution in [1.82, 2.24) is 9.88 Å². The van der Waals surface area contributed by atoms with E-state index in [1.165, 1.54) is 5.56 Å². The van der Waals surface area contributed by atoms with Crippen molar-refractivity contribution in [2.24, 2.45) is 0 Å². The topological polar surface area (TPSA) is 97.5 Å². The van der Waals surface area contributed by atoms with Gasteiger partial charge in [0.25, 0.3) is 5.91 Å². The van der Waals surface area contributed by atoms with Gasteiger partial charge < -0.3 is 14.9 Å². The molecule has 0 aliphatic carbocycles. The molecular formula is C30H30N4O3. The summed E-state index contributed by atoms with van der Waals surface area (Å²) in [7, 11) is 0. The summed E-state index contributed by atoms with van der Waals surface area (Å²) in [6.45, 7) is 4.37. The Morgan fingerprint density at radius 2 is 1.78 bits per heavy atom. The number of nitriles is 1. The molecule has 0 saturated carbocycles. The Bertz CT molecular complexity index is 1330. The van der Waals surface area contributed by atoms with Gasteiger partial charge in [0, 0.05) is 49.9 Å². The molecule has 7 heteroatoms. The van der Waals surface area contributed by atoms with Crippen LogP contribution in [0.3, 0.4) is 0 Å². The average Bonchev–Trinajstić information content (AvgIpc) is 2.92. The maximum Gasteiger partial charge on any atom is 0.253 e. The molecule has 188 valence electrons. The number of likely N-dealkylation sites (tertiary alicyclic amines) is 1. The number of anilines is 1. The summed E-state index contributed by atoms with van der Waals surface area (Å²) in [5, 5.41) is 18.5. The van der Waals surface area contributed by atoms with E-state index < -0.39 is 0 Å². The van der Waals surface area contributed by atoms with Gasteiger partial charge in [0.15, 0.2) is 5.78 Å². The zero-order chi connectivity index (χ0) is 25.9. The number of pyridine rings is 1. The molecular weight excluding hydrogens is 464 g/mol. The molecule has 5 rings (SSSR count). The number of β-amino-alcohol motifs (C(OH)–C–C–N with tert-alkyl or cyclic N) is 1. The second-order valence-corrected chi connectivity index (χ2v) is 10.0. The normalized spacial score (nSPS) is 16.2. The van der Waals surface area contributed by atoms with Crippen LogP contribution in [0.5, 0.6) is 0 Å². The lowest BCUT2D eigenvalue weighted by Crippen LogP contribution is -2.51. The molecule has 7 nitrogen and oxygen atoms in total. The molecule has 2 aliphatic rings. The third kappa shape index (κ3) is 5.40. The van der Waals surface area contributed by atoms with Crippen molar-refractivity contribution in [2.45, 2.75) is 38.2 Å². The number of piperidine rings is 1. The molecule has 0 bridgehead atoms. The zero-order valence-electron chi connectivity index (χ0n) is 20.9. The van der Waals surface area contributed by atoms with Crippen molar-refractivity contribution in [3.05, 3.63) is 94.2 Å². The number of hydrogen-bond donors (Lipinski definition) is 1. The summed E-state index contributed by atoms with van der Waals surface area (Å²) in [4.78, 5) is 34.7. The van der Waals surface area contributed by atoms with Crippen LogP contribution in [0.1, 0.15) is 61.7 Å². The zero-order valence-corrected chi connectivity index (χ0v) is 20.9. The van der Waals surface area contributed by atoms with E-state index in [1.54, 1.807) is 18.3 Å². The number of aromatic nitrogens is 1. The molecule has 2 fully saturated rings. The quantitative estimate of drug-likeness (QED) is 0.522. The van der Waals surface area contributed by atoms with Gasteiger partial charge >= 0.3 is 0 Å². The number of ketones is 1. The highest BCUT2D eigenvalue weighted by Gasteiger charge is 2.26. The number of aliphatic hydroxyl groups excluding tert-OH is 1. The number of aliphatic hydroxyl groups is 1. The first-order chi connectivity index (χ1) is 17.9. The number of amides is 1. The first-order valence-corrected chi connectivity index (χ1v) is 12.7. The largest absolute Gasteiger partial charge is 0.389 e. The number of aryl methyl sites for hydroxylation is 1. The second kappa shape index (κ2) is 10.5. The Labute approximate surface area is 217 Å². The number of nitrogens with zero attached hydrogens (tertiary/aromatic N) is 4.